The number of nitrogens with zero attached hydrogens (tertiary/aromatic N) is 3. The molecular formula is C18H13ClN4O4. The number of benzene rings is 1. The van der Waals surface area contributed by atoms with E-state index in [9.17, 15) is 14.9 Å². The molecule has 3 rings (SSSR count). The highest BCUT2D eigenvalue weighted by atomic mass is 35.5. The summed E-state index contributed by atoms with van der Waals surface area (Å²) < 4.78 is 5.59. The second-order valence-electron chi connectivity index (χ2n) is 5.51. The molecule has 0 unspecified atom stereocenters. The van der Waals surface area contributed by atoms with Crippen LogP contribution in [0, 0.1) is 17.0 Å². The average Bonchev–Trinajstić information content (AvgIpc) is 3.10. The number of hydrazone groups is 1. The van der Waals surface area contributed by atoms with Crippen molar-refractivity contribution in [2.75, 3.05) is 0 Å². The van der Waals surface area contributed by atoms with Gasteiger partial charge in [-0.3, -0.25) is 19.9 Å². The highest BCUT2D eigenvalue weighted by Crippen LogP contribution is 2.31. The van der Waals surface area contributed by atoms with Crippen molar-refractivity contribution < 1.29 is 14.1 Å². The van der Waals surface area contributed by atoms with E-state index in [0.717, 1.165) is 5.69 Å². The normalized spacial score (nSPS) is 10.9. The number of carbonyl (C=O) groups is 1. The molecule has 0 fully saturated rings. The summed E-state index contributed by atoms with van der Waals surface area (Å²) in [6.45, 7) is 1.82. The van der Waals surface area contributed by atoms with Crippen molar-refractivity contribution >= 4 is 29.4 Å². The molecule has 0 aliphatic heterocycles. The van der Waals surface area contributed by atoms with Crippen molar-refractivity contribution in [2.45, 2.75) is 6.92 Å². The van der Waals surface area contributed by atoms with Gasteiger partial charge in [0.1, 0.15) is 11.5 Å². The predicted octanol–water partition coefficient (Wildman–Crippen LogP) is 3.98. The number of halogens is 1. The molecule has 2 heterocycles. The number of rotatable bonds is 5. The van der Waals surface area contributed by atoms with Gasteiger partial charge in [0.05, 0.1) is 21.7 Å². The molecule has 0 atom stereocenters. The molecule has 9 heteroatoms. The Morgan fingerprint density at radius 1 is 1.30 bits per heavy atom. The number of furan rings is 1. The lowest BCUT2D eigenvalue weighted by Crippen LogP contribution is -2.17. The number of hydrogen-bond donors (Lipinski definition) is 1. The van der Waals surface area contributed by atoms with Crippen LogP contribution in [-0.2, 0) is 0 Å². The van der Waals surface area contributed by atoms with Crippen molar-refractivity contribution in [2.24, 2.45) is 5.10 Å². The molecule has 0 radical (unpaired) electrons. The fraction of sp³-hybridized carbons (Fsp3) is 0.0556. The largest absolute Gasteiger partial charge is 0.455 e. The second kappa shape index (κ2) is 7.79. The number of nitrogens with one attached hydrogen (secondary N) is 1. The highest BCUT2D eigenvalue weighted by molar-refractivity contribution is 6.33. The minimum atomic E-state index is -0.526. The first-order valence-corrected chi connectivity index (χ1v) is 8.12. The number of nitro groups is 1. The maximum absolute atomic E-state index is 11.9. The van der Waals surface area contributed by atoms with Crippen LogP contribution in [0.5, 0.6) is 0 Å². The number of pyridine rings is 1. The van der Waals surface area contributed by atoms with Gasteiger partial charge in [-0.25, -0.2) is 5.43 Å². The summed E-state index contributed by atoms with van der Waals surface area (Å²) in [5.74, 6) is 0.399. The summed E-state index contributed by atoms with van der Waals surface area (Å²) in [6.07, 6.45) is 2.80. The standard InChI is InChI=1S/C18H13ClN4O4/c1-11-2-3-12(9-20-11)18(24)22-21-10-14-5-7-17(27-14)15-6-4-13(23(25)26)8-16(15)19/h2-10H,1H3,(H,22,24)/b21-10+. The van der Waals surface area contributed by atoms with E-state index in [1.165, 1.54) is 30.6 Å². The molecule has 0 aliphatic rings. The maximum atomic E-state index is 11.9. The fourth-order valence-corrected chi connectivity index (χ4v) is 2.47. The van der Waals surface area contributed by atoms with Crippen LogP contribution in [0.3, 0.4) is 0 Å². The molecule has 8 nitrogen and oxygen atoms in total. The van der Waals surface area contributed by atoms with Crippen molar-refractivity contribution in [3.63, 3.8) is 0 Å². The minimum absolute atomic E-state index is 0.106. The van der Waals surface area contributed by atoms with E-state index in [1.807, 2.05) is 6.92 Å². The number of carbonyl (C=O) groups excluding carboxylic acids is 1. The monoisotopic (exact) mass is 384 g/mol. The number of aromatic nitrogens is 1. The first-order chi connectivity index (χ1) is 12.9. The Kier molecular flexibility index (Phi) is 5.28. The Balaban J connectivity index is 1.69. The lowest BCUT2D eigenvalue weighted by molar-refractivity contribution is -0.384. The van der Waals surface area contributed by atoms with Crippen molar-refractivity contribution in [3.8, 4) is 11.3 Å². The molecule has 0 bridgehead atoms. The average molecular weight is 385 g/mol. The zero-order valence-electron chi connectivity index (χ0n) is 14.0. The van der Waals surface area contributed by atoms with Gasteiger partial charge in [0, 0.05) is 29.6 Å². The Labute approximate surface area is 158 Å². The molecule has 0 aliphatic carbocycles. The van der Waals surface area contributed by atoms with Crippen LogP contribution in [-0.4, -0.2) is 22.0 Å². The Morgan fingerprint density at radius 3 is 2.78 bits per heavy atom. The third kappa shape index (κ3) is 4.36. The van der Waals surface area contributed by atoms with Crippen LogP contribution in [0.25, 0.3) is 11.3 Å². The van der Waals surface area contributed by atoms with Crippen LogP contribution in [0.15, 0.2) is 58.2 Å². The smallest absolute Gasteiger partial charge is 0.272 e. The zero-order chi connectivity index (χ0) is 19.4. The predicted molar refractivity (Wildman–Crippen MR) is 99.8 cm³/mol. The number of amides is 1. The minimum Gasteiger partial charge on any atom is -0.455 e. The molecular weight excluding hydrogens is 372 g/mol. The van der Waals surface area contributed by atoms with E-state index < -0.39 is 10.8 Å². The quantitative estimate of drug-likeness (QED) is 0.406. The van der Waals surface area contributed by atoms with Gasteiger partial charge in [0.15, 0.2) is 0 Å². The summed E-state index contributed by atoms with van der Waals surface area (Å²) >= 11 is 6.08. The highest BCUT2D eigenvalue weighted by Gasteiger charge is 2.13. The molecule has 0 spiro atoms. The number of hydrogen-bond acceptors (Lipinski definition) is 6. The van der Waals surface area contributed by atoms with Crippen molar-refractivity contribution in [1.82, 2.24) is 10.4 Å². The number of aryl methyl sites for hydroxylation is 1. The van der Waals surface area contributed by atoms with E-state index in [4.69, 9.17) is 16.0 Å². The van der Waals surface area contributed by atoms with Crippen LogP contribution >= 0.6 is 11.6 Å². The van der Waals surface area contributed by atoms with Gasteiger partial charge in [-0.15, -0.1) is 0 Å². The maximum Gasteiger partial charge on any atom is 0.272 e. The topological polar surface area (TPSA) is 111 Å². The van der Waals surface area contributed by atoms with E-state index in [1.54, 1.807) is 24.3 Å². The van der Waals surface area contributed by atoms with E-state index >= 15 is 0 Å². The molecule has 3 aromatic rings. The summed E-state index contributed by atoms with van der Waals surface area (Å²) in [5.41, 5.74) is 3.97. The SMILES string of the molecule is Cc1ccc(C(=O)N/N=C/c2ccc(-c3ccc([N+](=O)[O-])cc3Cl)o2)cn1. The lowest BCUT2D eigenvalue weighted by atomic mass is 10.1. The van der Waals surface area contributed by atoms with Gasteiger partial charge in [0.25, 0.3) is 11.6 Å². The van der Waals surface area contributed by atoms with Gasteiger partial charge >= 0.3 is 0 Å². The summed E-state index contributed by atoms with van der Waals surface area (Å²) in [4.78, 5) is 26.2. The molecule has 1 amide bonds. The first-order valence-electron chi connectivity index (χ1n) is 7.74. The Bertz CT molecular complexity index is 1030. The second-order valence-corrected chi connectivity index (χ2v) is 5.92. The molecule has 27 heavy (non-hydrogen) atoms. The third-order valence-corrected chi connectivity index (χ3v) is 3.90. The van der Waals surface area contributed by atoms with Crippen molar-refractivity contribution in [3.05, 3.63) is 80.8 Å². The van der Waals surface area contributed by atoms with Gasteiger partial charge in [0.2, 0.25) is 0 Å². The van der Waals surface area contributed by atoms with E-state index in [0.29, 0.717) is 22.6 Å². The Hall–Kier alpha value is -3.52. The molecule has 0 saturated carbocycles. The Morgan fingerprint density at radius 2 is 2.11 bits per heavy atom. The van der Waals surface area contributed by atoms with Gasteiger partial charge in [-0.05, 0) is 37.3 Å². The fourth-order valence-electron chi connectivity index (χ4n) is 2.21. The molecule has 1 aromatic carbocycles. The van der Waals surface area contributed by atoms with Crippen LogP contribution < -0.4 is 5.43 Å². The van der Waals surface area contributed by atoms with Gasteiger partial charge < -0.3 is 4.42 Å². The lowest BCUT2D eigenvalue weighted by Gasteiger charge is -2.00. The molecule has 2 aromatic heterocycles. The molecule has 0 saturated heterocycles. The summed E-state index contributed by atoms with van der Waals surface area (Å²) in [7, 11) is 0. The van der Waals surface area contributed by atoms with E-state index in [-0.39, 0.29) is 10.7 Å². The van der Waals surface area contributed by atoms with Crippen molar-refractivity contribution in [1.29, 1.82) is 0 Å². The summed E-state index contributed by atoms with van der Waals surface area (Å²) in [5, 5.41) is 14.8. The van der Waals surface area contributed by atoms with Crippen LogP contribution in [0.4, 0.5) is 5.69 Å². The molecule has 1 N–H and O–H groups in total. The number of non-ortho nitro benzene ring substituents is 1. The third-order valence-electron chi connectivity index (χ3n) is 3.59. The molecule has 136 valence electrons. The van der Waals surface area contributed by atoms with Crippen LogP contribution in [0.1, 0.15) is 21.8 Å². The zero-order valence-corrected chi connectivity index (χ0v) is 14.8. The van der Waals surface area contributed by atoms with Gasteiger partial charge in [-0.1, -0.05) is 11.6 Å². The summed E-state index contributed by atoms with van der Waals surface area (Å²) in [6, 6.07) is 10.8. The first kappa shape index (κ1) is 18.3. The van der Waals surface area contributed by atoms with Gasteiger partial charge in [-0.2, -0.15) is 5.10 Å². The number of nitro benzene ring substituents is 1. The van der Waals surface area contributed by atoms with Crippen LogP contribution in [0.2, 0.25) is 5.02 Å². The van der Waals surface area contributed by atoms with E-state index in [2.05, 4.69) is 15.5 Å².